The van der Waals surface area contributed by atoms with Gasteiger partial charge in [-0.25, -0.2) is 8.42 Å². The molecule has 106 valence electrons. The van der Waals surface area contributed by atoms with Gasteiger partial charge in [0.25, 0.3) is 9.05 Å². The van der Waals surface area contributed by atoms with Crippen LogP contribution in [-0.4, -0.2) is 14.5 Å². The molecule has 3 nitrogen and oxygen atoms in total. The lowest BCUT2D eigenvalue weighted by atomic mass is 10.1. The van der Waals surface area contributed by atoms with Gasteiger partial charge in [0.1, 0.15) is 5.75 Å². The van der Waals surface area contributed by atoms with Crippen molar-refractivity contribution < 1.29 is 13.2 Å². The average Bonchev–Trinajstić information content (AvgIpc) is 2.59. The van der Waals surface area contributed by atoms with E-state index in [0.29, 0.717) is 10.2 Å². The Bertz CT molecular complexity index is 537. The zero-order valence-electron chi connectivity index (χ0n) is 10.4. The summed E-state index contributed by atoms with van der Waals surface area (Å²) < 4.78 is 29.0. The fourth-order valence-corrected chi connectivity index (χ4v) is 3.67. The topological polar surface area (TPSA) is 43.4 Å². The van der Waals surface area contributed by atoms with Crippen molar-refractivity contribution in [1.82, 2.24) is 0 Å². The molecule has 0 aromatic heterocycles. The molecule has 0 amide bonds. The van der Waals surface area contributed by atoms with E-state index in [-0.39, 0.29) is 11.0 Å². The van der Waals surface area contributed by atoms with Crippen molar-refractivity contribution in [1.29, 1.82) is 0 Å². The van der Waals surface area contributed by atoms with Gasteiger partial charge in [-0.15, -0.1) is 0 Å². The van der Waals surface area contributed by atoms with Gasteiger partial charge in [0, 0.05) is 10.7 Å². The number of hydrogen-bond acceptors (Lipinski definition) is 3. The maximum atomic E-state index is 11.2. The van der Waals surface area contributed by atoms with Gasteiger partial charge in [-0.2, -0.15) is 0 Å². The molecule has 0 bridgehead atoms. The second-order valence-electron chi connectivity index (χ2n) is 4.76. The molecular weight excluding hydrogens is 352 g/mol. The molecule has 1 aliphatic rings. The van der Waals surface area contributed by atoms with Gasteiger partial charge in [0.2, 0.25) is 0 Å². The highest BCUT2D eigenvalue weighted by Crippen LogP contribution is 2.31. The highest BCUT2D eigenvalue weighted by atomic mass is 79.9. The van der Waals surface area contributed by atoms with Crippen LogP contribution in [-0.2, 0) is 9.05 Å². The molecule has 0 atom stereocenters. The van der Waals surface area contributed by atoms with Gasteiger partial charge in [-0.05, 0) is 59.8 Å². The molecule has 0 N–H and O–H groups in total. The van der Waals surface area contributed by atoms with Gasteiger partial charge in [-0.1, -0.05) is 12.8 Å². The van der Waals surface area contributed by atoms with E-state index in [1.807, 2.05) is 0 Å². The Kier molecular flexibility index (Phi) is 5.15. The van der Waals surface area contributed by atoms with Crippen molar-refractivity contribution in [3.63, 3.8) is 0 Å². The Labute approximate surface area is 126 Å². The van der Waals surface area contributed by atoms with Crippen LogP contribution in [0.15, 0.2) is 27.6 Å². The Balaban J connectivity index is 2.12. The lowest BCUT2D eigenvalue weighted by molar-refractivity contribution is 0.182. The van der Waals surface area contributed by atoms with Gasteiger partial charge < -0.3 is 4.74 Å². The van der Waals surface area contributed by atoms with Crippen molar-refractivity contribution in [2.45, 2.75) is 49.5 Å². The first-order valence-electron chi connectivity index (χ1n) is 6.38. The minimum absolute atomic E-state index is 0.0780. The number of ether oxygens (including phenoxy) is 1. The van der Waals surface area contributed by atoms with E-state index in [0.717, 1.165) is 12.8 Å². The predicted molar refractivity (Wildman–Crippen MR) is 79.3 cm³/mol. The molecule has 19 heavy (non-hydrogen) atoms. The van der Waals surface area contributed by atoms with E-state index in [1.165, 1.54) is 37.8 Å². The Hall–Kier alpha value is -0.260. The zero-order valence-corrected chi connectivity index (χ0v) is 13.6. The Morgan fingerprint density at radius 3 is 2.32 bits per heavy atom. The minimum atomic E-state index is -3.69. The van der Waals surface area contributed by atoms with Crippen LogP contribution in [0.25, 0.3) is 0 Å². The van der Waals surface area contributed by atoms with E-state index in [4.69, 9.17) is 15.4 Å². The first-order valence-corrected chi connectivity index (χ1v) is 9.48. The second-order valence-corrected chi connectivity index (χ2v) is 8.18. The number of rotatable bonds is 3. The molecule has 6 heteroatoms. The molecule has 1 aromatic rings. The highest BCUT2D eigenvalue weighted by molar-refractivity contribution is 9.10. The van der Waals surface area contributed by atoms with Crippen LogP contribution in [0.5, 0.6) is 5.75 Å². The summed E-state index contributed by atoms with van der Waals surface area (Å²) >= 11 is 3.34. The van der Waals surface area contributed by atoms with Crippen molar-refractivity contribution in [3.8, 4) is 5.75 Å². The summed E-state index contributed by atoms with van der Waals surface area (Å²) in [5.41, 5.74) is 0. The first kappa shape index (κ1) is 15.1. The highest BCUT2D eigenvalue weighted by Gasteiger charge is 2.17. The van der Waals surface area contributed by atoms with Crippen molar-refractivity contribution in [3.05, 3.63) is 22.7 Å². The molecule has 0 radical (unpaired) electrons. The average molecular weight is 368 g/mol. The van der Waals surface area contributed by atoms with Crippen LogP contribution in [0, 0.1) is 0 Å². The van der Waals surface area contributed by atoms with E-state index < -0.39 is 9.05 Å². The number of hydrogen-bond donors (Lipinski definition) is 0. The third-order valence-corrected chi connectivity index (χ3v) is 5.25. The first-order chi connectivity index (χ1) is 8.97. The van der Waals surface area contributed by atoms with Crippen LogP contribution in [0.2, 0.25) is 0 Å². The molecule has 1 saturated carbocycles. The molecule has 0 heterocycles. The molecule has 0 saturated heterocycles. The van der Waals surface area contributed by atoms with Crippen LogP contribution in [0.4, 0.5) is 0 Å². The van der Waals surface area contributed by atoms with Crippen molar-refractivity contribution in [2.24, 2.45) is 0 Å². The smallest absolute Gasteiger partial charge is 0.261 e. The summed E-state index contributed by atoms with van der Waals surface area (Å²) in [6, 6.07) is 4.61. The standard InChI is InChI=1S/C13H16BrClO3S/c14-12-9-11(19(15,16)17)7-8-13(12)18-10-5-3-1-2-4-6-10/h7-10H,1-6H2. The maximum absolute atomic E-state index is 11.2. The Morgan fingerprint density at radius 1 is 1.16 bits per heavy atom. The molecular formula is C13H16BrClO3S. The fourth-order valence-electron chi connectivity index (χ4n) is 2.27. The SMILES string of the molecule is O=S(=O)(Cl)c1ccc(OC2CCCCCC2)c(Br)c1. The minimum Gasteiger partial charge on any atom is -0.489 e. The van der Waals surface area contributed by atoms with Gasteiger partial charge >= 0.3 is 0 Å². The van der Waals surface area contributed by atoms with Crippen LogP contribution in [0.3, 0.4) is 0 Å². The lowest BCUT2D eigenvalue weighted by Gasteiger charge is -2.18. The van der Waals surface area contributed by atoms with Crippen molar-refractivity contribution >= 4 is 35.7 Å². The fraction of sp³-hybridized carbons (Fsp3) is 0.538. The summed E-state index contributed by atoms with van der Waals surface area (Å²) in [4.78, 5) is 0.0780. The van der Waals surface area contributed by atoms with Gasteiger partial charge in [0.05, 0.1) is 15.5 Å². The van der Waals surface area contributed by atoms with E-state index in [2.05, 4.69) is 15.9 Å². The Morgan fingerprint density at radius 2 is 1.79 bits per heavy atom. The maximum Gasteiger partial charge on any atom is 0.261 e. The van der Waals surface area contributed by atoms with Crippen LogP contribution >= 0.6 is 26.6 Å². The summed E-state index contributed by atoms with van der Waals surface area (Å²) in [6.07, 6.45) is 7.25. The third-order valence-electron chi connectivity index (χ3n) is 3.28. The molecule has 1 aliphatic carbocycles. The largest absolute Gasteiger partial charge is 0.489 e. The molecule has 1 aromatic carbocycles. The third kappa shape index (κ3) is 4.36. The van der Waals surface area contributed by atoms with Crippen molar-refractivity contribution in [2.75, 3.05) is 0 Å². The van der Waals surface area contributed by atoms with E-state index >= 15 is 0 Å². The normalized spacial score (nSPS) is 18.0. The molecule has 1 fully saturated rings. The van der Waals surface area contributed by atoms with E-state index in [9.17, 15) is 8.42 Å². The van der Waals surface area contributed by atoms with E-state index in [1.54, 1.807) is 6.07 Å². The quantitative estimate of drug-likeness (QED) is 0.584. The van der Waals surface area contributed by atoms with Crippen LogP contribution < -0.4 is 4.74 Å². The molecule has 2 rings (SSSR count). The molecule has 0 spiro atoms. The predicted octanol–water partition coefficient (Wildman–Crippen LogP) is 4.48. The lowest BCUT2D eigenvalue weighted by Crippen LogP contribution is -2.15. The number of halogens is 2. The second kappa shape index (κ2) is 6.46. The van der Waals surface area contributed by atoms with Gasteiger partial charge in [0.15, 0.2) is 0 Å². The molecule has 0 unspecified atom stereocenters. The number of benzene rings is 1. The monoisotopic (exact) mass is 366 g/mol. The summed E-state index contributed by atoms with van der Waals surface area (Å²) in [5, 5.41) is 0. The van der Waals surface area contributed by atoms with Crippen LogP contribution in [0.1, 0.15) is 38.5 Å². The summed E-state index contributed by atoms with van der Waals surface area (Å²) in [7, 11) is 1.61. The molecule has 0 aliphatic heterocycles. The van der Waals surface area contributed by atoms with Gasteiger partial charge in [-0.3, -0.25) is 0 Å². The summed E-state index contributed by atoms with van der Waals surface area (Å²) in [5.74, 6) is 0.677. The summed E-state index contributed by atoms with van der Waals surface area (Å²) in [6.45, 7) is 0. The zero-order chi connectivity index (χ0) is 13.9.